The molecular weight excluding hydrogens is 657 g/mol. The van der Waals surface area contributed by atoms with Crippen LogP contribution in [0.5, 0.6) is 0 Å². The van der Waals surface area contributed by atoms with Gasteiger partial charge < -0.3 is 102 Å². The predicted octanol–water partition coefficient (Wildman–Crippen LogP) is -14.3. The van der Waals surface area contributed by atoms with Gasteiger partial charge in [-0.25, -0.2) is 0 Å². The Balaban J connectivity index is -0.00000000595. The second kappa shape index (κ2) is 114. The molecule has 0 aromatic heterocycles. The zero-order chi connectivity index (χ0) is 17.9. The molecule has 0 amide bonds. The van der Waals surface area contributed by atoms with Gasteiger partial charge in [-0.15, -0.1) is 0 Å². The van der Waals surface area contributed by atoms with Gasteiger partial charge in [-0.05, 0) is 30.8 Å². The van der Waals surface area contributed by atoms with Crippen molar-refractivity contribution in [1.82, 2.24) is 0 Å². The van der Waals surface area contributed by atoms with Gasteiger partial charge in [-0.1, -0.05) is 0 Å². The summed E-state index contributed by atoms with van der Waals surface area (Å²) in [5.41, 5.74) is 0. The smallest absolute Gasteiger partial charge is 0.870 e. The molecule has 160 valence electrons. The van der Waals surface area contributed by atoms with Crippen LogP contribution in [0.3, 0.4) is 0 Å². The summed E-state index contributed by atoms with van der Waals surface area (Å²) in [7, 11) is 0. The van der Waals surface area contributed by atoms with Gasteiger partial charge in [-0.2, -0.15) is 0 Å². The van der Waals surface area contributed by atoms with Gasteiger partial charge in [-0.3, -0.25) is 0 Å². The number of rotatable bonds is 0. The van der Waals surface area contributed by atoms with Crippen LogP contribution in [0.4, 0.5) is 24.0 Å². The van der Waals surface area contributed by atoms with E-state index in [0.717, 1.165) is 0 Å². The molecule has 0 aromatic rings. The summed E-state index contributed by atoms with van der Waals surface area (Å²) >= 11 is 0. The molecule has 0 aliphatic heterocycles. The molecule has 0 saturated heterocycles. The number of hydrogen-bond donors (Lipinski definition) is 0. The molecule has 26 heteroatoms. The number of carboxylic acid groups (broad SMARTS) is 10. The topological polar surface area (TPSA) is 466 Å². The number of carbonyl (C=O) groups is 5. The monoisotopic (exact) mass is 658 g/mol. The third-order valence-corrected chi connectivity index (χ3v) is 0. The summed E-state index contributed by atoms with van der Waals surface area (Å²) in [5.74, 6) is 0. The third-order valence-electron chi connectivity index (χ3n) is 0. The minimum absolute atomic E-state index is 0. The Morgan fingerprint density at radius 3 is 0.290 bits per heavy atom. The van der Waals surface area contributed by atoms with Gasteiger partial charge in [0.2, 0.25) is 0 Å². The molecule has 0 aromatic carbocycles. The van der Waals surface area contributed by atoms with Crippen molar-refractivity contribution in [3.8, 4) is 0 Å². The van der Waals surface area contributed by atoms with Crippen LogP contribution in [0.2, 0.25) is 0 Å². The fraction of sp³-hybridized carbons (Fsp3) is 0. The first kappa shape index (κ1) is 126. The average Bonchev–Trinajstić information content (AvgIpc) is 1.94. The minimum atomic E-state index is -2.33. The predicted molar refractivity (Wildman–Crippen MR) is 53.9 cm³/mol. The van der Waals surface area contributed by atoms with Crippen molar-refractivity contribution in [2.45, 2.75) is 0 Å². The SMILES string of the molecule is O=C([O-])[O-].O=C([O-])[O-].O=C([O-])[O-].O=C([O-])[O-].O=C([O-])[O-].[Al+3].[Al+3].[Al+3].[OH-].[OH-].[OH-].[OH-].[OH-].[Zn+2].[Zn+2].[Zn+2]. The zero-order valence-electron chi connectivity index (χ0n) is 14.7. The maximum Gasteiger partial charge on any atom is 3.00 e. The average molecular weight is 662 g/mol. The second-order valence-electron chi connectivity index (χ2n) is 1.25. The van der Waals surface area contributed by atoms with Crippen LogP contribution in [0.1, 0.15) is 0 Å². The molecule has 0 unspecified atom stereocenters. The maximum absolute atomic E-state index is 8.33. The molecule has 31 heavy (non-hydrogen) atoms. The summed E-state index contributed by atoms with van der Waals surface area (Å²) in [5, 5.41) is 83.3. The Hall–Kier alpha value is -0.382. The summed E-state index contributed by atoms with van der Waals surface area (Å²) in [4.78, 5) is 41.7. The van der Waals surface area contributed by atoms with Crippen molar-refractivity contribution < 1.29 is 161 Å². The van der Waals surface area contributed by atoms with Crippen molar-refractivity contribution in [1.29, 1.82) is 0 Å². The van der Waals surface area contributed by atoms with Crippen LogP contribution >= 0.6 is 0 Å². The summed E-state index contributed by atoms with van der Waals surface area (Å²) in [6.45, 7) is 0. The fourth-order valence-electron chi connectivity index (χ4n) is 0. The molecule has 0 heterocycles. The Kier molecular flexibility index (Phi) is 460. The molecule has 0 rings (SSSR count). The van der Waals surface area contributed by atoms with Gasteiger partial charge in [0.15, 0.2) is 0 Å². The van der Waals surface area contributed by atoms with E-state index < -0.39 is 30.8 Å². The first-order chi connectivity index (χ1) is 8.66. The van der Waals surface area contributed by atoms with Crippen LogP contribution in [0, 0.1) is 0 Å². The van der Waals surface area contributed by atoms with Crippen LogP contribution < -0.4 is 51.1 Å². The fourth-order valence-corrected chi connectivity index (χ4v) is 0. The second-order valence-corrected chi connectivity index (χ2v) is 1.25. The Bertz CT molecular complexity index is 231. The van der Waals surface area contributed by atoms with Gasteiger partial charge >= 0.3 is 111 Å². The summed E-state index contributed by atoms with van der Waals surface area (Å²) in [6.07, 6.45) is -11.7. The summed E-state index contributed by atoms with van der Waals surface area (Å²) < 4.78 is 0. The Morgan fingerprint density at radius 2 is 0.290 bits per heavy atom. The van der Waals surface area contributed by atoms with E-state index in [4.69, 9.17) is 75.0 Å². The molecule has 0 atom stereocenters. The molecule has 0 spiro atoms. The first-order valence-electron chi connectivity index (χ1n) is 3.06. The van der Waals surface area contributed by atoms with E-state index in [-0.39, 0.29) is 138 Å². The Labute approximate surface area is 242 Å². The summed E-state index contributed by atoms with van der Waals surface area (Å²) in [6, 6.07) is 0. The molecule has 0 aliphatic rings. The molecule has 0 fully saturated rings. The molecule has 0 aliphatic carbocycles. The standard InChI is InChI=1S/5CH2O3.3Al.5H2O.3Zn/c5*2-1(3)4;;;;;;;;;;;/h5*(H2,2,3,4);;;;5*1H2;;;/q;;;;;3*+3;;;;;;3*+2/p-15. The van der Waals surface area contributed by atoms with Crippen LogP contribution in [0.25, 0.3) is 0 Å². The van der Waals surface area contributed by atoms with Gasteiger partial charge in [0.1, 0.15) is 0 Å². The number of carbonyl (C=O) groups excluding carboxylic acids is 5. The first-order valence-corrected chi connectivity index (χ1v) is 3.06. The van der Waals surface area contributed by atoms with Crippen LogP contribution in [0.15, 0.2) is 0 Å². The van der Waals surface area contributed by atoms with Crippen molar-refractivity contribution in [2.75, 3.05) is 0 Å². The van der Waals surface area contributed by atoms with E-state index >= 15 is 0 Å². The zero-order valence-corrected chi connectivity index (χ0v) is 27.1. The molecule has 0 saturated carbocycles. The van der Waals surface area contributed by atoms with Crippen molar-refractivity contribution in [3.05, 3.63) is 0 Å². The van der Waals surface area contributed by atoms with Crippen molar-refractivity contribution in [2.24, 2.45) is 0 Å². The molecule has 0 bridgehead atoms. The van der Waals surface area contributed by atoms with E-state index in [1.807, 2.05) is 0 Å². The molecule has 0 radical (unpaired) electrons. The van der Waals surface area contributed by atoms with Gasteiger partial charge in [0.25, 0.3) is 0 Å². The van der Waals surface area contributed by atoms with E-state index in [1.54, 1.807) is 0 Å². The van der Waals surface area contributed by atoms with Crippen molar-refractivity contribution in [3.63, 3.8) is 0 Å². The van der Waals surface area contributed by atoms with Crippen LogP contribution in [-0.2, 0) is 58.4 Å². The van der Waals surface area contributed by atoms with Gasteiger partial charge in [0.05, 0.1) is 0 Å². The molecule has 20 nitrogen and oxygen atoms in total. The molecule has 5 N–H and O–H groups in total. The van der Waals surface area contributed by atoms with E-state index in [0.29, 0.717) is 0 Å². The third kappa shape index (κ3) is 154000. The van der Waals surface area contributed by atoms with E-state index in [9.17, 15) is 0 Å². The maximum atomic E-state index is 8.33. The minimum Gasteiger partial charge on any atom is -0.870 e. The number of hydrogen-bond acceptors (Lipinski definition) is 20. The Morgan fingerprint density at radius 1 is 0.290 bits per heavy atom. The molecular formula is C5H5Al3O20Zn3. The van der Waals surface area contributed by atoms with Crippen LogP contribution in [-0.4, -0.2) is 110 Å². The quantitative estimate of drug-likeness (QED) is 0.217. The van der Waals surface area contributed by atoms with Crippen molar-refractivity contribution >= 4 is 82.9 Å². The van der Waals surface area contributed by atoms with E-state index in [2.05, 4.69) is 0 Å². The largest absolute Gasteiger partial charge is 3.00 e. The normalized spacial score (nSPS) is 3.87. The van der Waals surface area contributed by atoms with E-state index in [1.165, 1.54) is 0 Å². The van der Waals surface area contributed by atoms with Gasteiger partial charge in [0, 0.05) is 0 Å².